The summed E-state index contributed by atoms with van der Waals surface area (Å²) >= 11 is 0. The summed E-state index contributed by atoms with van der Waals surface area (Å²) in [6, 6.07) is 8.49. The number of rotatable bonds is 8. The third kappa shape index (κ3) is 4.78. The van der Waals surface area contributed by atoms with Gasteiger partial charge in [0.15, 0.2) is 0 Å². The van der Waals surface area contributed by atoms with Crippen LogP contribution >= 0.6 is 0 Å². The van der Waals surface area contributed by atoms with Crippen LogP contribution in [0.3, 0.4) is 0 Å². The van der Waals surface area contributed by atoms with Crippen molar-refractivity contribution in [3.63, 3.8) is 0 Å². The van der Waals surface area contributed by atoms with E-state index in [4.69, 9.17) is 0 Å². The largest absolute Gasteiger partial charge is 0.338 e. The lowest BCUT2D eigenvalue weighted by molar-refractivity contribution is -0.117. The number of anilines is 1. The molecule has 9 heteroatoms. The predicted octanol–water partition coefficient (Wildman–Crippen LogP) is 2.10. The minimum Gasteiger partial charge on any atom is -0.338 e. The lowest BCUT2D eigenvalue weighted by Gasteiger charge is -2.34. The number of benzene rings is 1. The second-order valence-corrected chi connectivity index (χ2v) is 10.0. The van der Waals surface area contributed by atoms with Crippen LogP contribution < -0.4 is 4.90 Å². The number of unbranched alkanes of at least 4 members (excludes halogenated alkanes) is 1. The van der Waals surface area contributed by atoms with Crippen molar-refractivity contribution < 1.29 is 13.2 Å². The number of ketones is 1. The third-order valence-corrected chi connectivity index (χ3v) is 7.99. The van der Waals surface area contributed by atoms with Crippen LogP contribution in [0.1, 0.15) is 37.8 Å². The number of carbonyl (C=O) groups is 1. The lowest BCUT2D eigenvalue weighted by Crippen LogP contribution is -2.47. The first-order valence-corrected chi connectivity index (χ1v) is 12.3. The standard InChI is InChI=1S/C22H29N5O3S/c1-18(28)17-20-19-7-2-3-8-21(19)31(29,30)27(20)12-5-4-11-25-13-15-26(16-14-25)22-23-9-6-10-24-22/h2-3,6-10,20H,4-5,11-17H2,1H3. The molecule has 3 heterocycles. The van der Waals surface area contributed by atoms with Crippen LogP contribution in [0.15, 0.2) is 47.6 Å². The Labute approximate surface area is 183 Å². The molecule has 1 fully saturated rings. The van der Waals surface area contributed by atoms with Crippen LogP contribution in [0.4, 0.5) is 5.95 Å². The van der Waals surface area contributed by atoms with Crippen molar-refractivity contribution in [3.05, 3.63) is 48.3 Å². The Kier molecular flexibility index (Phi) is 6.64. The zero-order valence-electron chi connectivity index (χ0n) is 17.9. The van der Waals surface area contributed by atoms with Gasteiger partial charge in [0.1, 0.15) is 5.78 Å². The van der Waals surface area contributed by atoms with Crippen molar-refractivity contribution in [1.29, 1.82) is 0 Å². The van der Waals surface area contributed by atoms with E-state index in [0.29, 0.717) is 11.4 Å². The van der Waals surface area contributed by atoms with Gasteiger partial charge in [0.2, 0.25) is 16.0 Å². The molecule has 0 N–H and O–H groups in total. The van der Waals surface area contributed by atoms with Crippen LogP contribution in [0.2, 0.25) is 0 Å². The Hall–Kier alpha value is -2.36. The van der Waals surface area contributed by atoms with Crippen LogP contribution in [0, 0.1) is 0 Å². The average Bonchev–Trinajstić information content (AvgIpc) is 2.98. The molecule has 0 saturated carbocycles. The molecule has 1 aromatic heterocycles. The molecule has 0 spiro atoms. The molecule has 1 saturated heterocycles. The van der Waals surface area contributed by atoms with Crippen molar-refractivity contribution in [2.24, 2.45) is 0 Å². The number of fused-ring (bicyclic) bond motifs is 1. The first-order valence-electron chi connectivity index (χ1n) is 10.8. The first kappa shape index (κ1) is 21.9. The smallest absolute Gasteiger partial charge is 0.243 e. The highest BCUT2D eigenvalue weighted by atomic mass is 32.2. The van der Waals surface area contributed by atoms with Crippen molar-refractivity contribution in [2.75, 3.05) is 44.2 Å². The fourth-order valence-electron chi connectivity index (χ4n) is 4.43. The number of carbonyl (C=O) groups excluding carboxylic acids is 1. The number of hydrogen-bond donors (Lipinski definition) is 0. The topological polar surface area (TPSA) is 86.7 Å². The SMILES string of the molecule is CC(=O)CC1c2ccccc2S(=O)(=O)N1CCCCN1CCN(c2ncccn2)CC1. The maximum absolute atomic E-state index is 13.0. The molecule has 1 aromatic carbocycles. The van der Waals surface area contributed by atoms with E-state index in [1.54, 1.807) is 24.5 Å². The normalized spacial score (nSPS) is 21.2. The summed E-state index contributed by atoms with van der Waals surface area (Å²) in [4.78, 5) is 25.4. The van der Waals surface area contributed by atoms with Crippen LogP contribution in [-0.4, -0.2) is 72.6 Å². The van der Waals surface area contributed by atoms with E-state index in [0.717, 1.165) is 57.1 Å². The van der Waals surface area contributed by atoms with Gasteiger partial charge in [-0.25, -0.2) is 18.4 Å². The fraction of sp³-hybridized carbons (Fsp3) is 0.500. The number of piperazine rings is 1. The molecule has 2 aliphatic rings. The van der Waals surface area contributed by atoms with E-state index in [-0.39, 0.29) is 18.2 Å². The van der Waals surface area contributed by atoms with Gasteiger partial charge in [0.05, 0.1) is 10.9 Å². The molecule has 0 amide bonds. The van der Waals surface area contributed by atoms with Gasteiger partial charge in [-0.2, -0.15) is 4.31 Å². The molecule has 0 radical (unpaired) electrons. The molecule has 2 aliphatic heterocycles. The van der Waals surface area contributed by atoms with E-state index in [1.165, 1.54) is 11.2 Å². The minimum absolute atomic E-state index is 0.00201. The van der Waals surface area contributed by atoms with E-state index < -0.39 is 10.0 Å². The second-order valence-electron chi connectivity index (χ2n) is 8.16. The quantitative estimate of drug-likeness (QED) is 0.578. The molecule has 0 bridgehead atoms. The summed E-state index contributed by atoms with van der Waals surface area (Å²) < 4.78 is 27.6. The van der Waals surface area contributed by atoms with Gasteiger partial charge in [0, 0.05) is 51.5 Å². The Balaban J connectivity index is 1.29. The Morgan fingerprint density at radius 2 is 1.68 bits per heavy atom. The minimum atomic E-state index is -3.54. The predicted molar refractivity (Wildman–Crippen MR) is 118 cm³/mol. The van der Waals surface area contributed by atoms with E-state index in [2.05, 4.69) is 19.8 Å². The van der Waals surface area contributed by atoms with Crippen LogP contribution in [0.5, 0.6) is 0 Å². The van der Waals surface area contributed by atoms with Gasteiger partial charge in [-0.3, -0.25) is 9.69 Å². The molecular formula is C22H29N5O3S. The van der Waals surface area contributed by atoms with E-state index in [1.807, 2.05) is 18.2 Å². The van der Waals surface area contributed by atoms with Crippen molar-refractivity contribution >= 4 is 21.8 Å². The van der Waals surface area contributed by atoms with E-state index >= 15 is 0 Å². The number of Topliss-reactive ketones (excluding diaryl/α,β-unsaturated/α-hetero) is 1. The monoisotopic (exact) mass is 443 g/mol. The summed E-state index contributed by atoms with van der Waals surface area (Å²) in [5.41, 5.74) is 0.747. The molecule has 166 valence electrons. The number of sulfonamides is 1. The Bertz CT molecular complexity index is 1010. The molecule has 31 heavy (non-hydrogen) atoms. The summed E-state index contributed by atoms with van der Waals surface area (Å²) in [6.45, 7) is 6.55. The highest BCUT2D eigenvalue weighted by Crippen LogP contribution is 2.41. The molecule has 1 unspecified atom stereocenters. The van der Waals surface area contributed by atoms with Gasteiger partial charge in [-0.1, -0.05) is 18.2 Å². The van der Waals surface area contributed by atoms with Crippen LogP contribution in [-0.2, 0) is 14.8 Å². The van der Waals surface area contributed by atoms with Crippen molar-refractivity contribution in [2.45, 2.75) is 37.1 Å². The summed E-state index contributed by atoms with van der Waals surface area (Å²) in [6.07, 6.45) is 5.43. The lowest BCUT2D eigenvalue weighted by atomic mass is 10.0. The highest BCUT2D eigenvalue weighted by molar-refractivity contribution is 7.89. The van der Waals surface area contributed by atoms with Crippen molar-refractivity contribution in [1.82, 2.24) is 19.2 Å². The average molecular weight is 444 g/mol. The first-order chi connectivity index (χ1) is 15.0. The zero-order chi connectivity index (χ0) is 21.8. The Morgan fingerprint density at radius 3 is 2.39 bits per heavy atom. The number of aromatic nitrogens is 2. The van der Waals surface area contributed by atoms with Gasteiger partial charge >= 0.3 is 0 Å². The van der Waals surface area contributed by atoms with Gasteiger partial charge in [-0.05, 0) is 44.0 Å². The van der Waals surface area contributed by atoms with E-state index in [9.17, 15) is 13.2 Å². The zero-order valence-corrected chi connectivity index (χ0v) is 18.7. The number of hydrogen-bond acceptors (Lipinski definition) is 7. The summed E-state index contributed by atoms with van der Waals surface area (Å²) in [7, 11) is -3.54. The molecule has 8 nitrogen and oxygen atoms in total. The van der Waals surface area contributed by atoms with Gasteiger partial charge in [0.25, 0.3) is 0 Å². The maximum atomic E-state index is 13.0. The molecule has 2 aromatic rings. The molecule has 1 atom stereocenters. The van der Waals surface area contributed by atoms with Crippen LogP contribution in [0.25, 0.3) is 0 Å². The second kappa shape index (κ2) is 9.42. The van der Waals surface area contributed by atoms with Gasteiger partial charge in [-0.15, -0.1) is 0 Å². The molecule has 4 rings (SSSR count). The Morgan fingerprint density at radius 1 is 1.00 bits per heavy atom. The molecule has 0 aliphatic carbocycles. The number of nitrogens with zero attached hydrogens (tertiary/aromatic N) is 5. The molecular weight excluding hydrogens is 414 g/mol. The summed E-state index contributed by atoms with van der Waals surface area (Å²) in [5, 5.41) is 0. The fourth-order valence-corrected chi connectivity index (χ4v) is 6.33. The maximum Gasteiger partial charge on any atom is 0.243 e. The van der Waals surface area contributed by atoms with Crippen molar-refractivity contribution in [3.8, 4) is 0 Å². The van der Waals surface area contributed by atoms with Gasteiger partial charge < -0.3 is 4.90 Å². The third-order valence-electron chi connectivity index (χ3n) is 6.00. The summed E-state index contributed by atoms with van der Waals surface area (Å²) in [5.74, 6) is 0.777. The highest BCUT2D eigenvalue weighted by Gasteiger charge is 2.42.